The summed E-state index contributed by atoms with van der Waals surface area (Å²) in [6.07, 6.45) is 0.726. The minimum atomic E-state index is -0.293. The summed E-state index contributed by atoms with van der Waals surface area (Å²) in [6, 6.07) is 4.53. The number of anilines is 1. The maximum absolute atomic E-state index is 12.9. The van der Waals surface area contributed by atoms with Gasteiger partial charge in [0.25, 0.3) is 0 Å². The van der Waals surface area contributed by atoms with Crippen LogP contribution in [0.2, 0.25) is 0 Å². The third-order valence-corrected chi connectivity index (χ3v) is 3.53. The van der Waals surface area contributed by atoms with Gasteiger partial charge in [-0.2, -0.15) is 0 Å². The Bertz CT molecular complexity index is 520. The summed E-state index contributed by atoms with van der Waals surface area (Å²) >= 11 is 1.66. The third kappa shape index (κ3) is 2.22. The zero-order valence-corrected chi connectivity index (χ0v) is 10.1. The lowest BCUT2D eigenvalue weighted by Crippen LogP contribution is -1.96. The van der Waals surface area contributed by atoms with E-state index in [1.54, 1.807) is 17.4 Å². The van der Waals surface area contributed by atoms with E-state index in [9.17, 15) is 4.39 Å². The Balaban J connectivity index is 2.30. The van der Waals surface area contributed by atoms with Crippen LogP contribution in [0.25, 0.3) is 0 Å². The molecule has 16 heavy (non-hydrogen) atoms. The zero-order valence-electron chi connectivity index (χ0n) is 9.25. The van der Waals surface area contributed by atoms with Crippen LogP contribution in [0, 0.1) is 19.7 Å². The van der Waals surface area contributed by atoms with E-state index in [4.69, 9.17) is 5.73 Å². The van der Waals surface area contributed by atoms with Gasteiger partial charge in [0, 0.05) is 17.0 Å². The Kier molecular flexibility index (Phi) is 2.92. The number of rotatable bonds is 2. The number of hydrogen-bond donors (Lipinski definition) is 1. The molecule has 1 heterocycles. The predicted octanol–water partition coefficient (Wildman–Crippen LogP) is 3.07. The van der Waals surface area contributed by atoms with Crippen LogP contribution in [0.4, 0.5) is 10.1 Å². The molecule has 0 bridgehead atoms. The minimum Gasteiger partial charge on any atom is -0.398 e. The van der Waals surface area contributed by atoms with E-state index in [2.05, 4.69) is 4.98 Å². The van der Waals surface area contributed by atoms with Crippen molar-refractivity contribution in [2.24, 2.45) is 0 Å². The Morgan fingerprint density at radius 1 is 1.38 bits per heavy atom. The molecule has 2 aromatic rings. The van der Waals surface area contributed by atoms with Crippen molar-refractivity contribution in [1.82, 2.24) is 4.98 Å². The van der Waals surface area contributed by atoms with Crippen molar-refractivity contribution >= 4 is 17.0 Å². The Labute approximate surface area is 97.9 Å². The lowest BCUT2D eigenvalue weighted by Gasteiger charge is -2.04. The van der Waals surface area contributed by atoms with E-state index in [-0.39, 0.29) is 5.82 Å². The summed E-state index contributed by atoms with van der Waals surface area (Å²) in [5.41, 5.74) is 8.26. The number of thiazole rings is 1. The first-order chi connectivity index (χ1) is 7.56. The molecule has 0 unspecified atom stereocenters. The van der Waals surface area contributed by atoms with Crippen molar-refractivity contribution in [2.75, 3.05) is 5.73 Å². The van der Waals surface area contributed by atoms with Gasteiger partial charge in [-0.25, -0.2) is 9.37 Å². The molecule has 2 N–H and O–H groups in total. The van der Waals surface area contributed by atoms with Crippen molar-refractivity contribution in [3.05, 3.63) is 45.2 Å². The Morgan fingerprint density at radius 3 is 2.69 bits per heavy atom. The number of halogens is 1. The van der Waals surface area contributed by atoms with Crippen LogP contribution >= 0.6 is 11.3 Å². The first-order valence-corrected chi connectivity index (χ1v) is 5.84. The first-order valence-electron chi connectivity index (χ1n) is 5.03. The molecule has 0 aliphatic rings. The van der Waals surface area contributed by atoms with Gasteiger partial charge in [0.15, 0.2) is 0 Å². The van der Waals surface area contributed by atoms with E-state index in [0.717, 1.165) is 22.7 Å². The highest BCUT2D eigenvalue weighted by Gasteiger charge is 2.08. The zero-order chi connectivity index (χ0) is 11.7. The van der Waals surface area contributed by atoms with Crippen LogP contribution in [0.5, 0.6) is 0 Å². The van der Waals surface area contributed by atoms with Gasteiger partial charge in [0.2, 0.25) is 0 Å². The molecule has 0 saturated carbocycles. The lowest BCUT2D eigenvalue weighted by atomic mass is 10.1. The van der Waals surface area contributed by atoms with Crippen LogP contribution in [0.1, 0.15) is 21.1 Å². The van der Waals surface area contributed by atoms with Gasteiger partial charge in [0.05, 0.1) is 10.7 Å². The summed E-state index contributed by atoms with van der Waals surface area (Å²) in [7, 11) is 0. The van der Waals surface area contributed by atoms with Gasteiger partial charge in [-0.3, -0.25) is 0 Å². The number of nitrogens with two attached hydrogens (primary N) is 1. The van der Waals surface area contributed by atoms with E-state index < -0.39 is 0 Å². The number of nitrogens with zero attached hydrogens (tertiary/aromatic N) is 1. The predicted molar refractivity (Wildman–Crippen MR) is 65.2 cm³/mol. The normalized spacial score (nSPS) is 10.7. The first kappa shape index (κ1) is 11.1. The van der Waals surface area contributed by atoms with Crippen LogP contribution in [-0.2, 0) is 6.42 Å². The maximum atomic E-state index is 12.9. The van der Waals surface area contributed by atoms with E-state index in [0.29, 0.717) is 5.69 Å². The van der Waals surface area contributed by atoms with Crippen LogP contribution in [0.3, 0.4) is 0 Å². The lowest BCUT2D eigenvalue weighted by molar-refractivity contribution is 0.628. The molecule has 2 nitrogen and oxygen atoms in total. The fraction of sp³-hybridized carbons (Fsp3) is 0.250. The maximum Gasteiger partial charge on any atom is 0.125 e. The third-order valence-electron chi connectivity index (χ3n) is 2.46. The molecule has 0 saturated heterocycles. The van der Waals surface area contributed by atoms with Gasteiger partial charge >= 0.3 is 0 Å². The fourth-order valence-corrected chi connectivity index (χ4v) is 2.60. The molecule has 0 aliphatic carbocycles. The molecular formula is C12H13FN2S. The molecule has 2 rings (SSSR count). The summed E-state index contributed by atoms with van der Waals surface area (Å²) < 4.78 is 12.9. The molecule has 0 spiro atoms. The average Bonchev–Trinajstić information content (AvgIpc) is 2.50. The number of aryl methyl sites for hydroxylation is 2. The molecule has 4 heteroatoms. The summed E-state index contributed by atoms with van der Waals surface area (Å²) in [5.74, 6) is -0.293. The van der Waals surface area contributed by atoms with Crippen molar-refractivity contribution in [3.8, 4) is 0 Å². The van der Waals surface area contributed by atoms with Gasteiger partial charge in [-0.05, 0) is 31.5 Å². The highest BCUT2D eigenvalue weighted by atomic mass is 32.1. The number of benzene rings is 1. The molecule has 0 radical (unpaired) electrons. The quantitative estimate of drug-likeness (QED) is 0.814. The van der Waals surface area contributed by atoms with Crippen LogP contribution < -0.4 is 5.73 Å². The van der Waals surface area contributed by atoms with Gasteiger partial charge < -0.3 is 5.73 Å². The van der Waals surface area contributed by atoms with Crippen LogP contribution in [0.15, 0.2) is 18.2 Å². The van der Waals surface area contributed by atoms with Crippen molar-refractivity contribution in [2.45, 2.75) is 20.3 Å². The molecule has 1 aromatic carbocycles. The molecule has 0 fully saturated rings. The van der Waals surface area contributed by atoms with Gasteiger partial charge in [0.1, 0.15) is 5.82 Å². The fourth-order valence-electron chi connectivity index (χ4n) is 1.64. The summed E-state index contributed by atoms with van der Waals surface area (Å²) in [6.45, 7) is 3.97. The average molecular weight is 236 g/mol. The van der Waals surface area contributed by atoms with E-state index in [1.807, 2.05) is 13.8 Å². The molecule has 0 atom stereocenters. The minimum absolute atomic E-state index is 0.293. The SMILES string of the molecule is Cc1nc(C)c(Cc2ccc(F)cc2N)s1. The van der Waals surface area contributed by atoms with Crippen LogP contribution in [-0.4, -0.2) is 4.98 Å². The summed E-state index contributed by atoms with van der Waals surface area (Å²) in [4.78, 5) is 5.55. The van der Waals surface area contributed by atoms with E-state index >= 15 is 0 Å². The van der Waals surface area contributed by atoms with Crippen molar-refractivity contribution < 1.29 is 4.39 Å². The highest BCUT2D eigenvalue weighted by Crippen LogP contribution is 2.24. The molecule has 0 amide bonds. The standard InChI is InChI=1S/C12H13FN2S/c1-7-12(16-8(2)15-7)5-9-3-4-10(13)6-11(9)14/h3-4,6H,5,14H2,1-2H3. The van der Waals surface area contributed by atoms with Gasteiger partial charge in [-0.1, -0.05) is 6.07 Å². The van der Waals surface area contributed by atoms with Gasteiger partial charge in [-0.15, -0.1) is 11.3 Å². The molecule has 0 aliphatic heterocycles. The molecular weight excluding hydrogens is 223 g/mol. The number of nitrogen functional groups attached to an aromatic ring is 1. The highest BCUT2D eigenvalue weighted by molar-refractivity contribution is 7.11. The molecule has 84 valence electrons. The monoisotopic (exact) mass is 236 g/mol. The Hall–Kier alpha value is -1.42. The van der Waals surface area contributed by atoms with E-state index in [1.165, 1.54) is 17.0 Å². The van der Waals surface area contributed by atoms with Crippen molar-refractivity contribution in [3.63, 3.8) is 0 Å². The number of aromatic nitrogens is 1. The largest absolute Gasteiger partial charge is 0.398 e. The topological polar surface area (TPSA) is 38.9 Å². The number of hydrogen-bond acceptors (Lipinski definition) is 3. The second-order valence-corrected chi connectivity index (χ2v) is 5.05. The summed E-state index contributed by atoms with van der Waals surface area (Å²) in [5, 5.41) is 1.05. The smallest absolute Gasteiger partial charge is 0.125 e. The van der Waals surface area contributed by atoms with Crippen molar-refractivity contribution in [1.29, 1.82) is 0 Å². The molecule has 1 aromatic heterocycles. The second kappa shape index (κ2) is 4.22. The Morgan fingerprint density at radius 2 is 2.12 bits per heavy atom. The second-order valence-electron chi connectivity index (χ2n) is 3.76.